The third-order valence-corrected chi connectivity index (χ3v) is 5.83. The lowest BCUT2D eigenvalue weighted by Gasteiger charge is -2.17. The summed E-state index contributed by atoms with van der Waals surface area (Å²) >= 11 is 0. The Hall–Kier alpha value is -4.33. The van der Waals surface area contributed by atoms with Crippen LogP contribution in [-0.4, -0.2) is 75.7 Å². The van der Waals surface area contributed by atoms with Gasteiger partial charge in [-0.1, -0.05) is 11.3 Å². The van der Waals surface area contributed by atoms with E-state index in [1.54, 1.807) is 44.4 Å². The molecule has 1 atom stereocenters. The van der Waals surface area contributed by atoms with Crippen molar-refractivity contribution in [2.24, 2.45) is 0 Å². The molecule has 1 unspecified atom stereocenters. The average molecular weight is 496 g/mol. The van der Waals surface area contributed by atoms with E-state index < -0.39 is 24.5 Å². The van der Waals surface area contributed by atoms with Crippen molar-refractivity contribution in [3.05, 3.63) is 54.2 Å². The number of aromatic nitrogens is 8. The number of likely N-dealkylation sites (N-methyl/N-ethyl adjacent to an activating group) is 1. The first-order chi connectivity index (χ1) is 17.2. The summed E-state index contributed by atoms with van der Waals surface area (Å²) in [5, 5.41) is 25.9. The standard InChI is InChI=1S/C22H22F2N10O2/c1-13-16(10-33(30-13)12-18(23)24)28-21-25-8-6-15(27-21)14-4-3-5-19(26-14)34-11-17(29-31-34)22(36)7-9-32(2)20(22)35/h3-6,8,10-11,18,36H,7,9,12H2,1-2H3,(H,25,27,28). The number of nitrogens with zero attached hydrogens (tertiary/aromatic N) is 9. The maximum Gasteiger partial charge on any atom is 0.260 e. The van der Waals surface area contributed by atoms with E-state index in [4.69, 9.17) is 0 Å². The lowest BCUT2D eigenvalue weighted by molar-refractivity contribution is -0.143. The van der Waals surface area contributed by atoms with Crippen LogP contribution in [0.5, 0.6) is 0 Å². The highest BCUT2D eigenvalue weighted by atomic mass is 19.3. The Morgan fingerprint density at radius 2 is 2.00 bits per heavy atom. The molecule has 12 nitrogen and oxygen atoms in total. The Morgan fingerprint density at radius 1 is 1.19 bits per heavy atom. The fraction of sp³-hybridized carbons (Fsp3) is 0.318. The summed E-state index contributed by atoms with van der Waals surface area (Å²) in [5.74, 6) is 0.228. The van der Waals surface area contributed by atoms with Gasteiger partial charge in [-0.15, -0.1) is 5.10 Å². The van der Waals surface area contributed by atoms with Crippen molar-refractivity contribution in [3.63, 3.8) is 0 Å². The molecule has 0 aliphatic carbocycles. The zero-order valence-corrected chi connectivity index (χ0v) is 19.4. The minimum atomic E-state index is -2.51. The molecule has 36 heavy (non-hydrogen) atoms. The summed E-state index contributed by atoms with van der Waals surface area (Å²) in [7, 11) is 1.62. The van der Waals surface area contributed by atoms with Crippen LogP contribution in [0.25, 0.3) is 17.2 Å². The number of likely N-dealkylation sites (tertiary alicyclic amines) is 1. The number of carbonyl (C=O) groups excluding carboxylic acids is 1. The number of nitrogens with one attached hydrogen (secondary N) is 1. The van der Waals surface area contributed by atoms with Gasteiger partial charge in [-0.2, -0.15) is 5.10 Å². The van der Waals surface area contributed by atoms with Crippen molar-refractivity contribution < 1.29 is 18.7 Å². The van der Waals surface area contributed by atoms with E-state index in [1.165, 1.54) is 22.0 Å². The van der Waals surface area contributed by atoms with Crippen LogP contribution in [0.3, 0.4) is 0 Å². The number of aryl methyl sites for hydroxylation is 1. The maximum absolute atomic E-state index is 12.7. The van der Waals surface area contributed by atoms with Crippen molar-refractivity contribution in [2.45, 2.75) is 31.9 Å². The predicted octanol–water partition coefficient (Wildman–Crippen LogP) is 1.68. The molecule has 1 aliphatic rings. The molecule has 1 aliphatic heterocycles. The Morgan fingerprint density at radius 3 is 2.75 bits per heavy atom. The van der Waals surface area contributed by atoms with E-state index in [2.05, 4.69) is 35.7 Å². The summed E-state index contributed by atoms with van der Waals surface area (Å²) in [6, 6.07) is 6.89. The quantitative estimate of drug-likeness (QED) is 0.391. The van der Waals surface area contributed by atoms with Gasteiger partial charge in [0.1, 0.15) is 12.2 Å². The lowest BCUT2D eigenvalue weighted by atomic mass is 9.99. The van der Waals surface area contributed by atoms with Crippen LogP contribution in [0.2, 0.25) is 0 Å². The fourth-order valence-electron chi connectivity index (χ4n) is 3.91. The summed E-state index contributed by atoms with van der Waals surface area (Å²) in [6.07, 6.45) is 2.21. The molecule has 186 valence electrons. The zero-order chi connectivity index (χ0) is 25.4. The molecule has 4 aromatic heterocycles. The smallest absolute Gasteiger partial charge is 0.260 e. The highest BCUT2D eigenvalue weighted by Crippen LogP contribution is 2.31. The molecule has 5 heterocycles. The molecular formula is C22H22F2N10O2. The Balaban J connectivity index is 1.38. The molecule has 0 radical (unpaired) electrons. The second kappa shape index (κ2) is 9.03. The van der Waals surface area contributed by atoms with Gasteiger partial charge in [0.25, 0.3) is 12.3 Å². The molecule has 0 saturated carbocycles. The van der Waals surface area contributed by atoms with E-state index in [0.29, 0.717) is 35.1 Å². The number of amides is 1. The van der Waals surface area contributed by atoms with Crippen LogP contribution in [-0.2, 0) is 16.9 Å². The summed E-state index contributed by atoms with van der Waals surface area (Å²) in [6.45, 7) is 1.61. The topological polar surface area (TPSA) is 140 Å². The minimum Gasteiger partial charge on any atom is -0.374 e. The van der Waals surface area contributed by atoms with Crippen LogP contribution in [0.4, 0.5) is 20.4 Å². The number of halogens is 2. The third kappa shape index (κ3) is 4.37. The number of hydrogen-bond acceptors (Lipinski definition) is 9. The second-order valence-corrected chi connectivity index (χ2v) is 8.40. The molecule has 14 heteroatoms. The predicted molar refractivity (Wildman–Crippen MR) is 123 cm³/mol. The van der Waals surface area contributed by atoms with Crippen molar-refractivity contribution in [2.75, 3.05) is 18.9 Å². The van der Waals surface area contributed by atoms with Gasteiger partial charge in [-0.25, -0.2) is 28.4 Å². The fourth-order valence-corrected chi connectivity index (χ4v) is 3.91. The van der Waals surface area contributed by atoms with Gasteiger partial charge in [0.2, 0.25) is 5.95 Å². The molecule has 1 saturated heterocycles. The molecular weight excluding hydrogens is 474 g/mol. The van der Waals surface area contributed by atoms with E-state index in [1.807, 2.05) is 0 Å². The van der Waals surface area contributed by atoms with Gasteiger partial charge in [0.15, 0.2) is 11.4 Å². The van der Waals surface area contributed by atoms with E-state index >= 15 is 0 Å². The van der Waals surface area contributed by atoms with Crippen LogP contribution < -0.4 is 5.32 Å². The number of anilines is 2. The van der Waals surface area contributed by atoms with Gasteiger partial charge in [-0.05, 0) is 25.1 Å². The number of rotatable bonds is 7. The van der Waals surface area contributed by atoms with Crippen molar-refractivity contribution in [3.8, 4) is 17.2 Å². The van der Waals surface area contributed by atoms with Crippen molar-refractivity contribution in [1.29, 1.82) is 0 Å². The van der Waals surface area contributed by atoms with Gasteiger partial charge < -0.3 is 15.3 Å². The number of pyridine rings is 1. The Labute approximate surface area is 203 Å². The van der Waals surface area contributed by atoms with Gasteiger partial charge in [-0.3, -0.25) is 9.48 Å². The molecule has 1 fully saturated rings. The lowest BCUT2D eigenvalue weighted by Crippen LogP contribution is -2.36. The monoisotopic (exact) mass is 496 g/mol. The summed E-state index contributed by atoms with van der Waals surface area (Å²) in [5.41, 5.74) is 0.489. The van der Waals surface area contributed by atoms with Crippen LogP contribution in [0.15, 0.2) is 42.9 Å². The zero-order valence-electron chi connectivity index (χ0n) is 19.4. The number of aliphatic hydroxyl groups is 1. The van der Waals surface area contributed by atoms with Crippen LogP contribution in [0.1, 0.15) is 17.8 Å². The maximum atomic E-state index is 12.7. The molecule has 0 bridgehead atoms. The highest BCUT2D eigenvalue weighted by molar-refractivity contribution is 5.87. The van der Waals surface area contributed by atoms with Crippen LogP contribution in [0, 0.1) is 6.92 Å². The minimum absolute atomic E-state index is 0.153. The molecule has 5 rings (SSSR count). The molecule has 1 amide bonds. The normalized spacial score (nSPS) is 17.8. The molecule has 2 N–H and O–H groups in total. The summed E-state index contributed by atoms with van der Waals surface area (Å²) < 4.78 is 27.9. The first-order valence-electron chi connectivity index (χ1n) is 11.0. The van der Waals surface area contributed by atoms with Crippen molar-refractivity contribution >= 4 is 17.5 Å². The Bertz CT molecular complexity index is 1420. The highest BCUT2D eigenvalue weighted by Gasteiger charge is 2.47. The molecule has 0 spiro atoms. The molecule has 0 aromatic carbocycles. The van der Waals surface area contributed by atoms with Gasteiger partial charge in [0, 0.05) is 32.4 Å². The number of alkyl halides is 2. The first-order valence-corrected chi connectivity index (χ1v) is 11.0. The third-order valence-electron chi connectivity index (χ3n) is 5.83. The van der Waals surface area contributed by atoms with E-state index in [0.717, 1.165) is 4.68 Å². The average Bonchev–Trinajstić information content (AvgIpc) is 3.55. The molecule has 4 aromatic rings. The number of hydrogen-bond donors (Lipinski definition) is 2. The SMILES string of the molecule is Cc1nn(CC(F)F)cc1Nc1nccc(-c2cccc(-n3cc(C4(O)CCN(C)C4=O)nn3)n2)n1. The van der Waals surface area contributed by atoms with Gasteiger partial charge >= 0.3 is 0 Å². The van der Waals surface area contributed by atoms with Crippen molar-refractivity contribution in [1.82, 2.24) is 44.6 Å². The van der Waals surface area contributed by atoms with E-state index in [-0.39, 0.29) is 18.1 Å². The summed E-state index contributed by atoms with van der Waals surface area (Å²) in [4.78, 5) is 27.1. The van der Waals surface area contributed by atoms with Crippen LogP contribution >= 0.6 is 0 Å². The first kappa shape index (κ1) is 23.4. The largest absolute Gasteiger partial charge is 0.374 e. The van der Waals surface area contributed by atoms with E-state index in [9.17, 15) is 18.7 Å². The number of carbonyl (C=O) groups is 1. The van der Waals surface area contributed by atoms with Gasteiger partial charge in [0.05, 0.1) is 29.0 Å². The Kier molecular flexibility index (Phi) is 5.88. The second-order valence-electron chi connectivity index (χ2n) is 8.40.